The van der Waals surface area contributed by atoms with E-state index < -0.39 is 11.8 Å². The Bertz CT molecular complexity index is 609. The number of halogens is 1. The SMILES string of the molecule is O=C1N=C(C2CCCNC2)NC(=O)C1c1cccc(Cl)c1. The van der Waals surface area contributed by atoms with Crippen LogP contribution in [0, 0.1) is 5.92 Å². The molecule has 1 aromatic carbocycles. The smallest absolute Gasteiger partial charge is 0.264 e. The zero-order valence-corrected chi connectivity index (χ0v) is 12.2. The molecular weight excluding hydrogens is 290 g/mol. The average molecular weight is 306 g/mol. The van der Waals surface area contributed by atoms with Gasteiger partial charge in [0.2, 0.25) is 5.91 Å². The van der Waals surface area contributed by atoms with Crippen LogP contribution in [0.2, 0.25) is 5.02 Å². The fourth-order valence-corrected chi connectivity index (χ4v) is 2.98. The number of hydrogen-bond acceptors (Lipinski definition) is 3. The number of piperidine rings is 1. The maximum absolute atomic E-state index is 12.3. The molecule has 21 heavy (non-hydrogen) atoms. The summed E-state index contributed by atoms with van der Waals surface area (Å²) in [6, 6.07) is 6.78. The van der Waals surface area contributed by atoms with Crippen molar-refractivity contribution in [3.05, 3.63) is 34.9 Å². The Morgan fingerprint density at radius 3 is 2.81 bits per heavy atom. The van der Waals surface area contributed by atoms with Crippen LogP contribution in [-0.2, 0) is 9.59 Å². The molecule has 2 unspecified atom stereocenters. The van der Waals surface area contributed by atoms with Crippen molar-refractivity contribution in [1.29, 1.82) is 0 Å². The minimum Gasteiger partial charge on any atom is -0.316 e. The molecule has 2 amide bonds. The Balaban J connectivity index is 1.85. The first-order chi connectivity index (χ1) is 10.1. The summed E-state index contributed by atoms with van der Waals surface area (Å²) < 4.78 is 0. The highest BCUT2D eigenvalue weighted by molar-refractivity contribution is 6.30. The van der Waals surface area contributed by atoms with Gasteiger partial charge in [0, 0.05) is 17.5 Å². The molecular formula is C15H16ClN3O2. The molecule has 0 radical (unpaired) electrons. The van der Waals surface area contributed by atoms with Crippen LogP contribution < -0.4 is 10.6 Å². The number of benzene rings is 1. The van der Waals surface area contributed by atoms with E-state index in [1.807, 2.05) is 0 Å². The van der Waals surface area contributed by atoms with Gasteiger partial charge in [0.1, 0.15) is 11.8 Å². The predicted octanol–water partition coefficient (Wildman–Crippen LogP) is 1.48. The van der Waals surface area contributed by atoms with Crippen LogP contribution in [0.15, 0.2) is 29.3 Å². The third-order valence-corrected chi connectivity index (χ3v) is 4.09. The number of hydrogen-bond donors (Lipinski definition) is 2. The first kappa shape index (κ1) is 14.2. The largest absolute Gasteiger partial charge is 0.316 e. The van der Waals surface area contributed by atoms with Crippen molar-refractivity contribution in [2.75, 3.05) is 13.1 Å². The summed E-state index contributed by atoms with van der Waals surface area (Å²) in [4.78, 5) is 28.7. The molecule has 2 atom stereocenters. The number of nitrogens with one attached hydrogen (secondary N) is 2. The molecule has 2 N–H and O–H groups in total. The van der Waals surface area contributed by atoms with Crippen molar-refractivity contribution < 1.29 is 9.59 Å². The molecule has 1 fully saturated rings. The maximum atomic E-state index is 12.3. The van der Waals surface area contributed by atoms with Crippen LogP contribution in [0.25, 0.3) is 0 Å². The summed E-state index contributed by atoms with van der Waals surface area (Å²) in [5.74, 6) is -1.04. The third-order valence-electron chi connectivity index (χ3n) is 3.86. The minimum atomic E-state index is -0.899. The van der Waals surface area contributed by atoms with E-state index in [0.717, 1.165) is 25.9 Å². The Kier molecular flexibility index (Phi) is 4.03. The van der Waals surface area contributed by atoms with E-state index in [4.69, 9.17) is 11.6 Å². The van der Waals surface area contributed by atoms with Crippen molar-refractivity contribution in [1.82, 2.24) is 10.6 Å². The number of nitrogens with zero attached hydrogens (tertiary/aromatic N) is 1. The molecule has 1 aromatic rings. The van der Waals surface area contributed by atoms with Crippen molar-refractivity contribution in [2.45, 2.75) is 18.8 Å². The second kappa shape index (κ2) is 5.95. The van der Waals surface area contributed by atoms with Gasteiger partial charge in [0.25, 0.3) is 5.91 Å². The van der Waals surface area contributed by atoms with Gasteiger partial charge in [-0.1, -0.05) is 23.7 Å². The van der Waals surface area contributed by atoms with E-state index in [2.05, 4.69) is 15.6 Å². The normalized spacial score (nSPS) is 26.2. The fourth-order valence-electron chi connectivity index (χ4n) is 2.78. The van der Waals surface area contributed by atoms with E-state index in [1.54, 1.807) is 24.3 Å². The van der Waals surface area contributed by atoms with Gasteiger partial charge in [-0.15, -0.1) is 0 Å². The van der Waals surface area contributed by atoms with Crippen LogP contribution in [-0.4, -0.2) is 30.7 Å². The molecule has 0 saturated carbocycles. The quantitative estimate of drug-likeness (QED) is 0.813. The van der Waals surface area contributed by atoms with Gasteiger partial charge in [-0.25, -0.2) is 0 Å². The number of amidine groups is 1. The summed E-state index contributed by atoms with van der Waals surface area (Å²) in [6.07, 6.45) is 1.95. The Morgan fingerprint density at radius 1 is 1.29 bits per heavy atom. The van der Waals surface area contributed by atoms with Crippen LogP contribution in [0.1, 0.15) is 24.3 Å². The van der Waals surface area contributed by atoms with E-state index in [1.165, 1.54) is 0 Å². The van der Waals surface area contributed by atoms with Gasteiger partial charge < -0.3 is 10.6 Å². The average Bonchev–Trinajstić information content (AvgIpc) is 2.47. The molecule has 110 valence electrons. The van der Waals surface area contributed by atoms with E-state index in [0.29, 0.717) is 16.4 Å². The van der Waals surface area contributed by atoms with Gasteiger partial charge in [-0.2, -0.15) is 4.99 Å². The van der Waals surface area contributed by atoms with Crippen LogP contribution >= 0.6 is 11.6 Å². The summed E-state index contributed by atoms with van der Waals surface area (Å²) in [5, 5.41) is 6.54. The van der Waals surface area contributed by atoms with Crippen molar-refractivity contribution in [3.63, 3.8) is 0 Å². The monoisotopic (exact) mass is 305 g/mol. The number of carbonyl (C=O) groups is 2. The summed E-state index contributed by atoms with van der Waals surface area (Å²) >= 11 is 5.92. The van der Waals surface area contributed by atoms with Gasteiger partial charge in [0.15, 0.2) is 0 Å². The molecule has 1 saturated heterocycles. The molecule has 3 rings (SSSR count). The predicted molar refractivity (Wildman–Crippen MR) is 80.4 cm³/mol. The number of aliphatic imine (C=N–C) groups is 1. The van der Waals surface area contributed by atoms with Gasteiger partial charge in [-0.05, 0) is 37.1 Å². The molecule has 0 bridgehead atoms. The van der Waals surface area contributed by atoms with Gasteiger partial charge >= 0.3 is 0 Å². The van der Waals surface area contributed by atoms with Gasteiger partial charge in [0.05, 0.1) is 0 Å². The van der Waals surface area contributed by atoms with Crippen LogP contribution in [0.4, 0.5) is 0 Å². The molecule has 0 spiro atoms. The topological polar surface area (TPSA) is 70.6 Å². The number of rotatable bonds is 2. The molecule has 5 nitrogen and oxygen atoms in total. The van der Waals surface area contributed by atoms with Crippen LogP contribution in [0.5, 0.6) is 0 Å². The summed E-state index contributed by atoms with van der Waals surface area (Å²) in [7, 11) is 0. The molecule has 0 aromatic heterocycles. The molecule has 0 aliphatic carbocycles. The van der Waals surface area contributed by atoms with Crippen molar-refractivity contribution >= 4 is 29.3 Å². The molecule has 2 heterocycles. The zero-order chi connectivity index (χ0) is 14.8. The van der Waals surface area contributed by atoms with E-state index >= 15 is 0 Å². The summed E-state index contributed by atoms with van der Waals surface area (Å²) in [6.45, 7) is 1.71. The Hall–Kier alpha value is -1.72. The minimum absolute atomic E-state index is 0.104. The second-order valence-electron chi connectivity index (χ2n) is 5.36. The second-order valence-corrected chi connectivity index (χ2v) is 5.79. The highest BCUT2D eigenvalue weighted by Crippen LogP contribution is 2.25. The van der Waals surface area contributed by atoms with Crippen molar-refractivity contribution in [2.24, 2.45) is 10.9 Å². The highest BCUT2D eigenvalue weighted by atomic mass is 35.5. The lowest BCUT2D eigenvalue weighted by atomic mass is 9.93. The summed E-state index contributed by atoms with van der Waals surface area (Å²) in [5.41, 5.74) is 0.578. The number of amides is 2. The van der Waals surface area contributed by atoms with Gasteiger partial charge in [-0.3, -0.25) is 9.59 Å². The molecule has 2 aliphatic heterocycles. The van der Waals surface area contributed by atoms with Crippen LogP contribution in [0.3, 0.4) is 0 Å². The van der Waals surface area contributed by atoms with E-state index in [9.17, 15) is 9.59 Å². The Labute approximate surface area is 127 Å². The number of carbonyl (C=O) groups excluding carboxylic acids is 2. The molecule has 6 heteroatoms. The maximum Gasteiger partial charge on any atom is 0.264 e. The standard InChI is InChI=1S/C15H16ClN3O2/c16-11-5-1-3-9(7-11)12-14(20)18-13(19-15(12)21)10-4-2-6-17-8-10/h1,3,5,7,10,12,17H,2,4,6,8H2,(H,18,19,20,21). The fraction of sp³-hybridized carbons (Fsp3) is 0.400. The van der Waals surface area contributed by atoms with E-state index in [-0.39, 0.29) is 11.8 Å². The first-order valence-corrected chi connectivity index (χ1v) is 7.42. The highest BCUT2D eigenvalue weighted by Gasteiger charge is 2.35. The zero-order valence-electron chi connectivity index (χ0n) is 11.4. The first-order valence-electron chi connectivity index (χ1n) is 7.04. The Morgan fingerprint density at radius 2 is 2.14 bits per heavy atom. The van der Waals surface area contributed by atoms with Crippen molar-refractivity contribution in [3.8, 4) is 0 Å². The third kappa shape index (κ3) is 2.99. The lowest BCUT2D eigenvalue weighted by Crippen LogP contribution is -2.49. The molecule has 2 aliphatic rings. The lowest BCUT2D eigenvalue weighted by Gasteiger charge is -2.28. The lowest BCUT2D eigenvalue weighted by molar-refractivity contribution is -0.129.